The van der Waals surface area contributed by atoms with Gasteiger partial charge >= 0.3 is 36.7 Å². The third kappa shape index (κ3) is 13.9. The molecule has 2 aliphatic rings. The monoisotopic (exact) mass is 1390 g/mol. The van der Waals surface area contributed by atoms with Crippen molar-refractivity contribution in [2.75, 3.05) is 42.5 Å². The topological polar surface area (TPSA) is 289 Å². The summed E-state index contributed by atoms with van der Waals surface area (Å²) >= 11 is 12.3. The summed E-state index contributed by atoms with van der Waals surface area (Å²) in [7, 11) is 2.09. The molecule has 4 aromatic carbocycles. The van der Waals surface area contributed by atoms with Gasteiger partial charge in [-0.05, 0) is 80.3 Å². The molecule has 4 N–H and O–H groups in total. The van der Waals surface area contributed by atoms with Crippen molar-refractivity contribution in [3.05, 3.63) is 202 Å². The second-order valence-electron chi connectivity index (χ2n) is 19.8. The number of halogens is 4. The molecule has 29 heteroatoms. The van der Waals surface area contributed by atoms with Crippen LogP contribution in [0, 0.1) is 10.1 Å². The molecule has 0 spiro atoms. The normalized spacial score (nSPS) is 15.2. The van der Waals surface area contributed by atoms with Crippen LogP contribution in [0.15, 0.2) is 180 Å². The van der Waals surface area contributed by atoms with E-state index in [0.29, 0.717) is 94.3 Å². The average molecular weight is 1400 g/mol. The molecule has 0 saturated carbocycles. The van der Waals surface area contributed by atoms with Crippen molar-refractivity contribution in [2.24, 2.45) is 0 Å². The molecule has 22 nitrogen and oxygen atoms in total. The number of likely N-dealkylation sites (tertiary alicyclic amines) is 2. The summed E-state index contributed by atoms with van der Waals surface area (Å²) in [6.07, 6.45) is 11.6. The number of amides is 2. The molecule has 2 radical (unpaired) electrons. The maximum absolute atomic E-state index is 13.6. The summed E-state index contributed by atoms with van der Waals surface area (Å²) in [5.41, 5.74) is 9.30. The van der Waals surface area contributed by atoms with Gasteiger partial charge < -0.3 is 26.2 Å². The summed E-state index contributed by atoms with van der Waals surface area (Å²) in [6.45, 7) is 1.91. The molecule has 2 amide bonds. The Morgan fingerprint density at radius 2 is 0.989 bits per heavy atom. The molecule has 8 heterocycles. The fourth-order valence-corrected chi connectivity index (χ4v) is 13.3. The number of fused-ring (bicyclic) bond motifs is 2. The summed E-state index contributed by atoms with van der Waals surface area (Å²) in [4.78, 5) is 66.3. The molecule has 0 bridgehead atoms. The number of rotatable bonds is 13. The summed E-state index contributed by atoms with van der Waals surface area (Å²) < 4.78 is 56.7. The van der Waals surface area contributed by atoms with Crippen LogP contribution in [0.3, 0.4) is 0 Å². The van der Waals surface area contributed by atoms with Gasteiger partial charge in [-0.2, -0.15) is 0 Å². The molecule has 87 heavy (non-hydrogen) atoms. The van der Waals surface area contributed by atoms with Crippen LogP contribution >= 0.6 is 41.0 Å². The van der Waals surface area contributed by atoms with E-state index in [1.165, 1.54) is 44.9 Å². The van der Waals surface area contributed by atoms with Crippen LogP contribution in [0.5, 0.6) is 0 Å². The van der Waals surface area contributed by atoms with E-state index in [0.717, 1.165) is 25.5 Å². The van der Waals surface area contributed by atoms with E-state index in [9.17, 15) is 36.5 Å². The van der Waals surface area contributed by atoms with Gasteiger partial charge in [0.1, 0.15) is 17.6 Å². The molecule has 10 aromatic rings. The number of piperidine rings is 2. The third-order valence-electron chi connectivity index (χ3n) is 14.2. The van der Waals surface area contributed by atoms with Crippen LogP contribution in [-0.4, -0.2) is 138 Å². The SMILES string of the molecule is Nc1ccc(C(=O)N2CCCC(Nc3ncc(Cl)c(-c4cn(S(=O)(=O)c5ccccc5)c5ccccc45)n3)C2)nc1.O=C(c1ccc([N+](=O)[O-])cn1)N1CCC[C@@H](Nc2ncc(Cl)c(-c3cn(S(=O)(=O)c4ccccc4)c4ccccc34)n2)C1.[Cl][Sn][Cl]. The number of carbonyl (C=O) groups is 2. The maximum atomic E-state index is 13.6. The number of pyridine rings is 2. The first-order valence-electron chi connectivity index (χ1n) is 26.7. The Labute approximate surface area is 526 Å². The third-order valence-corrected chi connectivity index (χ3v) is 18.2. The number of nitro groups is 1. The van der Waals surface area contributed by atoms with Crippen molar-refractivity contribution in [3.8, 4) is 22.5 Å². The van der Waals surface area contributed by atoms with Gasteiger partial charge in [-0.25, -0.2) is 54.7 Å². The number of hydrogen-bond acceptors (Lipinski definition) is 17. The second-order valence-corrected chi connectivity index (χ2v) is 28.5. The molecule has 12 rings (SSSR count). The first kappa shape index (κ1) is 62.1. The van der Waals surface area contributed by atoms with Crippen LogP contribution in [0.1, 0.15) is 46.7 Å². The molecule has 444 valence electrons. The molecular formula is C58H50Cl4N14O8S2Sn. The molecule has 6 aromatic heterocycles. The van der Waals surface area contributed by atoms with Crippen LogP contribution in [-0.2, 0) is 20.0 Å². The van der Waals surface area contributed by atoms with Gasteiger partial charge in [-0.15, -0.1) is 0 Å². The number of aromatic nitrogens is 8. The average Bonchev–Trinajstić information content (AvgIpc) is 1.76. The zero-order valence-electron chi connectivity index (χ0n) is 45.6. The van der Waals surface area contributed by atoms with Crippen molar-refractivity contribution >= 4 is 137 Å². The van der Waals surface area contributed by atoms with E-state index in [-0.39, 0.29) is 61.1 Å². The summed E-state index contributed by atoms with van der Waals surface area (Å²) in [6, 6.07) is 36.3. The van der Waals surface area contributed by atoms with Crippen LogP contribution in [0.25, 0.3) is 44.3 Å². The van der Waals surface area contributed by atoms with Crippen molar-refractivity contribution in [3.63, 3.8) is 0 Å². The van der Waals surface area contributed by atoms with Crippen LogP contribution in [0.4, 0.5) is 23.3 Å². The standard InChI is InChI=1S/C29H24ClN7O5S.C29H26ClN7O3S.2ClH.Sn/c30-24-16-32-29(33-19-7-6-14-35(17-19)28(38)25-13-12-20(15-31-25)37(39)40)34-27(24)23-18-36(26-11-5-4-10-22(23)26)43(41,42)21-8-2-1-3-9-21;30-24-16-33-29(34-20-7-6-14-36(17-20)28(38)25-13-12-19(31)15-32-25)35-27(24)23-18-37(26-11-5-4-10-22(23)26)41(39,40)21-8-2-1-3-9-21;;;/h1-5,8-13,15-16,18-19H,6-7,14,17H2,(H,32,33,34);1-5,8-13,15-16,18,20H,6-7,14,17,31H2,(H,33,34,35);2*1H;/q;;;;+2/p-2/t19-;;;;/m1..../s1. The summed E-state index contributed by atoms with van der Waals surface area (Å²) in [5.74, 6) is 0.111. The van der Waals surface area contributed by atoms with E-state index >= 15 is 0 Å². The minimum atomic E-state index is -3.90. The second kappa shape index (κ2) is 27.4. The van der Waals surface area contributed by atoms with Crippen LogP contribution < -0.4 is 16.4 Å². The number of nitrogens with one attached hydrogen (secondary N) is 2. The molecule has 1 unspecified atom stereocenters. The molecule has 0 aliphatic carbocycles. The van der Waals surface area contributed by atoms with E-state index in [2.05, 4.69) is 35.6 Å². The Morgan fingerprint density at radius 1 is 0.575 bits per heavy atom. The summed E-state index contributed by atoms with van der Waals surface area (Å²) in [5, 5.41) is 19.4. The van der Waals surface area contributed by atoms with E-state index in [4.69, 9.17) is 51.8 Å². The van der Waals surface area contributed by atoms with Crippen molar-refractivity contribution in [1.29, 1.82) is 0 Å². The van der Waals surface area contributed by atoms with Gasteiger partial charge in [0.15, 0.2) is 0 Å². The van der Waals surface area contributed by atoms with Gasteiger partial charge in [0, 0.05) is 78.6 Å². The molecule has 2 atom stereocenters. The predicted octanol–water partition coefficient (Wildman–Crippen LogP) is 10.7. The fraction of sp³-hybridized carbons (Fsp3) is 0.172. The fourth-order valence-electron chi connectivity index (χ4n) is 10.1. The number of hydrogen-bond donors (Lipinski definition) is 3. The minimum absolute atomic E-state index is 0.102. The zero-order chi connectivity index (χ0) is 61.4. The predicted molar refractivity (Wildman–Crippen MR) is 336 cm³/mol. The van der Waals surface area contributed by atoms with E-state index in [1.54, 1.807) is 113 Å². The van der Waals surface area contributed by atoms with Gasteiger partial charge in [-0.1, -0.05) is 96.0 Å². The number of nitrogens with two attached hydrogens (primary N) is 1. The Hall–Kier alpha value is -7.98. The van der Waals surface area contributed by atoms with Gasteiger partial charge in [0.25, 0.3) is 37.5 Å². The Bertz CT molecular complexity index is 4390. The van der Waals surface area contributed by atoms with Gasteiger partial charge in [0.2, 0.25) is 11.9 Å². The molecular weight excluding hydrogens is 1350 g/mol. The van der Waals surface area contributed by atoms with E-state index in [1.807, 2.05) is 24.3 Å². The number of nitrogens with zero attached hydrogens (tertiary/aromatic N) is 11. The van der Waals surface area contributed by atoms with Gasteiger partial charge in [-0.3, -0.25) is 19.7 Å². The zero-order valence-corrected chi connectivity index (χ0v) is 53.1. The van der Waals surface area contributed by atoms with Gasteiger partial charge in [0.05, 0.1) is 71.5 Å². The quantitative estimate of drug-likeness (QED) is 0.0549. The van der Waals surface area contributed by atoms with Crippen LogP contribution in [0.2, 0.25) is 10.0 Å². The van der Waals surface area contributed by atoms with Crippen molar-refractivity contribution in [1.82, 2.24) is 47.6 Å². The number of benzene rings is 4. The Balaban J connectivity index is 0.000000185. The number of nitrogen functional groups attached to an aromatic ring is 1. The van der Waals surface area contributed by atoms with E-state index < -0.39 is 43.9 Å². The first-order valence-corrected chi connectivity index (χ1v) is 37.6. The van der Waals surface area contributed by atoms with Crippen molar-refractivity contribution in [2.45, 2.75) is 47.6 Å². The Morgan fingerprint density at radius 3 is 1.39 bits per heavy atom. The first-order chi connectivity index (χ1) is 41.9. The molecule has 2 saturated heterocycles. The molecule has 2 aliphatic heterocycles. The molecule has 2 fully saturated rings. The van der Waals surface area contributed by atoms with Crippen molar-refractivity contribution < 1.29 is 31.3 Å². The number of anilines is 3. The number of carbonyl (C=O) groups excluding carboxylic acids is 2. The number of para-hydroxylation sites is 2. The Kier molecular flexibility index (Phi) is 19.5.